The van der Waals surface area contributed by atoms with E-state index in [1.807, 2.05) is 6.08 Å². The Morgan fingerprint density at radius 1 is 1.14 bits per heavy atom. The number of methoxy groups -OCH3 is 1. The minimum absolute atomic E-state index is 0.0492. The molecule has 1 aliphatic heterocycles. The first-order chi connectivity index (χ1) is 17.3. The summed E-state index contributed by atoms with van der Waals surface area (Å²) in [6.07, 6.45) is 2.90. The first-order valence-corrected chi connectivity index (χ1v) is 11.9. The van der Waals surface area contributed by atoms with Gasteiger partial charge in [0.25, 0.3) is 5.91 Å². The molecule has 2 N–H and O–H groups in total. The summed E-state index contributed by atoms with van der Waals surface area (Å²) in [6.45, 7) is -0.0492. The lowest BCUT2D eigenvalue weighted by Crippen LogP contribution is -2.41. The maximum Gasteiger partial charge on any atom is 0.341 e. The summed E-state index contributed by atoms with van der Waals surface area (Å²) in [5.41, 5.74) is 1.01. The summed E-state index contributed by atoms with van der Waals surface area (Å²) in [7, 11) is 1.40. The Labute approximate surface area is 216 Å². The van der Waals surface area contributed by atoms with E-state index in [9.17, 15) is 19.5 Å². The predicted molar refractivity (Wildman–Crippen MR) is 130 cm³/mol. The second kappa shape index (κ2) is 11.1. The van der Waals surface area contributed by atoms with Crippen molar-refractivity contribution < 1.29 is 38.4 Å². The van der Waals surface area contributed by atoms with Crippen LogP contribution in [0.4, 0.5) is 0 Å². The lowest BCUT2D eigenvalue weighted by atomic mass is 9.92. The zero-order valence-electron chi connectivity index (χ0n) is 19.2. The van der Waals surface area contributed by atoms with Gasteiger partial charge in [0, 0.05) is 6.42 Å². The van der Waals surface area contributed by atoms with Crippen molar-refractivity contribution in [1.82, 2.24) is 5.32 Å². The topological polar surface area (TPSA) is 120 Å². The van der Waals surface area contributed by atoms with Gasteiger partial charge in [-0.05, 0) is 43.5 Å². The molecule has 0 saturated heterocycles. The second-order valence-corrected chi connectivity index (χ2v) is 9.02. The molecule has 1 heterocycles. The summed E-state index contributed by atoms with van der Waals surface area (Å²) in [4.78, 5) is 37.5. The van der Waals surface area contributed by atoms with Gasteiger partial charge in [0.05, 0.1) is 22.7 Å². The van der Waals surface area contributed by atoms with Crippen molar-refractivity contribution in [2.45, 2.75) is 37.8 Å². The van der Waals surface area contributed by atoms with Crippen LogP contribution in [0.3, 0.4) is 0 Å². The number of esters is 1. The van der Waals surface area contributed by atoms with Gasteiger partial charge < -0.3 is 29.4 Å². The largest absolute Gasteiger partial charge is 0.496 e. The Kier molecular flexibility index (Phi) is 7.91. The fraction of sp³-hybridized carbons (Fsp3) is 0.320. The maximum absolute atomic E-state index is 13.0. The predicted octanol–water partition coefficient (Wildman–Crippen LogP) is 4.64. The summed E-state index contributed by atoms with van der Waals surface area (Å²) >= 11 is 12.2. The molecule has 0 aromatic heterocycles. The van der Waals surface area contributed by atoms with Crippen molar-refractivity contribution in [2.75, 3.05) is 13.9 Å². The van der Waals surface area contributed by atoms with E-state index < -0.39 is 30.0 Å². The second-order valence-electron chi connectivity index (χ2n) is 8.21. The fourth-order valence-electron chi connectivity index (χ4n) is 4.09. The molecule has 0 saturated carbocycles. The quantitative estimate of drug-likeness (QED) is 0.370. The molecule has 0 bridgehead atoms. The zero-order chi connectivity index (χ0) is 25.8. The molecule has 2 aromatic carbocycles. The highest BCUT2D eigenvalue weighted by molar-refractivity contribution is 6.39. The zero-order valence-corrected chi connectivity index (χ0v) is 20.7. The summed E-state index contributed by atoms with van der Waals surface area (Å²) < 4.78 is 21.5. The summed E-state index contributed by atoms with van der Waals surface area (Å²) in [6, 6.07) is 6.73. The van der Waals surface area contributed by atoms with Gasteiger partial charge in [0.1, 0.15) is 23.5 Å². The highest BCUT2D eigenvalue weighted by Gasteiger charge is 2.31. The number of fused-ring (bicyclic) bond motifs is 1. The molecule has 1 aliphatic carbocycles. The van der Waals surface area contributed by atoms with E-state index in [4.69, 9.17) is 42.1 Å². The molecule has 2 aliphatic rings. The molecule has 36 heavy (non-hydrogen) atoms. The van der Waals surface area contributed by atoms with Gasteiger partial charge in [0.15, 0.2) is 11.5 Å². The molecule has 0 fully saturated rings. The van der Waals surface area contributed by atoms with Crippen LogP contribution in [0.1, 0.15) is 46.4 Å². The van der Waals surface area contributed by atoms with Gasteiger partial charge in [-0.1, -0.05) is 40.9 Å². The molecule has 0 spiro atoms. The standard InChI is InChI=1S/C25H23Cl2NO8/c1-33-18-9-10-19-22(35-12-34-19)21(18)23(29)28-17(24(30)31)11-13-5-7-14(8-6-13)36-25(32)20-15(26)3-2-4-16(20)27/h2-5,9-10,14,17H,6-8,11-12H2,1H3,(H,28,29)(H,30,31). The molecular formula is C25H23Cl2NO8. The van der Waals surface area contributed by atoms with E-state index >= 15 is 0 Å². The van der Waals surface area contributed by atoms with E-state index in [0.29, 0.717) is 25.0 Å². The highest BCUT2D eigenvalue weighted by Crippen LogP contribution is 2.40. The molecule has 190 valence electrons. The van der Waals surface area contributed by atoms with E-state index in [1.165, 1.54) is 7.11 Å². The molecule has 4 rings (SSSR count). The number of hydrogen-bond acceptors (Lipinski definition) is 7. The van der Waals surface area contributed by atoms with Crippen molar-refractivity contribution >= 4 is 41.0 Å². The molecule has 11 heteroatoms. The third-order valence-corrected chi connectivity index (χ3v) is 6.55. The van der Waals surface area contributed by atoms with E-state index in [0.717, 1.165) is 5.57 Å². The normalized spacial score (nSPS) is 17.1. The van der Waals surface area contributed by atoms with Crippen LogP contribution in [0.2, 0.25) is 10.0 Å². The number of nitrogens with one attached hydrogen (secondary N) is 1. The number of carbonyl (C=O) groups excluding carboxylic acids is 2. The summed E-state index contributed by atoms with van der Waals surface area (Å²) in [5.74, 6) is -1.63. The average Bonchev–Trinajstić information content (AvgIpc) is 3.32. The number of carboxylic acids is 1. The molecule has 9 nitrogen and oxygen atoms in total. The number of hydrogen-bond donors (Lipinski definition) is 2. The molecule has 2 atom stereocenters. The van der Waals surface area contributed by atoms with Crippen molar-refractivity contribution in [2.24, 2.45) is 0 Å². The number of halogens is 2. The van der Waals surface area contributed by atoms with Crippen LogP contribution in [0.5, 0.6) is 17.2 Å². The lowest BCUT2D eigenvalue weighted by molar-refractivity contribution is -0.139. The van der Waals surface area contributed by atoms with E-state index in [-0.39, 0.29) is 45.9 Å². The fourth-order valence-corrected chi connectivity index (χ4v) is 4.64. The molecular weight excluding hydrogens is 513 g/mol. The Bertz CT molecular complexity index is 1210. The van der Waals surface area contributed by atoms with Crippen LogP contribution in [0.25, 0.3) is 0 Å². The number of benzene rings is 2. The van der Waals surface area contributed by atoms with Gasteiger partial charge in [-0.2, -0.15) is 0 Å². The van der Waals surface area contributed by atoms with Crippen LogP contribution < -0.4 is 19.5 Å². The van der Waals surface area contributed by atoms with Crippen LogP contribution in [-0.4, -0.2) is 49.0 Å². The average molecular weight is 536 g/mol. The molecule has 0 radical (unpaired) electrons. The van der Waals surface area contributed by atoms with Crippen LogP contribution in [0, 0.1) is 0 Å². The van der Waals surface area contributed by atoms with Crippen molar-refractivity contribution in [1.29, 1.82) is 0 Å². The van der Waals surface area contributed by atoms with E-state index in [1.54, 1.807) is 30.3 Å². The van der Waals surface area contributed by atoms with Gasteiger partial charge in [0.2, 0.25) is 6.79 Å². The first kappa shape index (κ1) is 25.7. The van der Waals surface area contributed by atoms with Crippen LogP contribution in [0.15, 0.2) is 42.0 Å². The van der Waals surface area contributed by atoms with Crippen molar-refractivity contribution in [3.63, 3.8) is 0 Å². The number of amides is 1. The minimum atomic E-state index is -1.19. The third kappa shape index (κ3) is 5.52. The Morgan fingerprint density at radius 2 is 1.89 bits per heavy atom. The maximum atomic E-state index is 13.0. The monoisotopic (exact) mass is 535 g/mol. The molecule has 2 unspecified atom stereocenters. The molecule has 1 amide bonds. The third-order valence-electron chi connectivity index (χ3n) is 5.92. The number of ether oxygens (including phenoxy) is 4. The van der Waals surface area contributed by atoms with Gasteiger partial charge in [-0.25, -0.2) is 9.59 Å². The Balaban J connectivity index is 1.40. The van der Waals surface area contributed by atoms with Gasteiger partial charge in [-0.3, -0.25) is 4.79 Å². The molecule has 2 aromatic rings. The number of carboxylic acid groups (broad SMARTS) is 1. The number of aliphatic carboxylic acids is 1. The Morgan fingerprint density at radius 3 is 2.53 bits per heavy atom. The van der Waals surface area contributed by atoms with Crippen molar-refractivity contribution in [3.05, 3.63) is 63.2 Å². The van der Waals surface area contributed by atoms with Gasteiger partial charge in [-0.15, -0.1) is 0 Å². The first-order valence-electron chi connectivity index (χ1n) is 11.1. The lowest BCUT2D eigenvalue weighted by Gasteiger charge is -2.24. The van der Waals surface area contributed by atoms with Crippen molar-refractivity contribution in [3.8, 4) is 17.2 Å². The highest BCUT2D eigenvalue weighted by atomic mass is 35.5. The SMILES string of the molecule is COc1ccc2c(c1C(=O)NC(CC1=CCC(OC(=O)c3c(Cl)cccc3Cl)CC1)C(=O)O)OCO2. The summed E-state index contributed by atoms with van der Waals surface area (Å²) in [5, 5.41) is 12.7. The van der Waals surface area contributed by atoms with Crippen LogP contribution >= 0.6 is 23.2 Å². The Hall–Kier alpha value is -3.43. The van der Waals surface area contributed by atoms with Crippen LogP contribution in [-0.2, 0) is 9.53 Å². The van der Waals surface area contributed by atoms with Gasteiger partial charge >= 0.3 is 11.9 Å². The number of rotatable bonds is 8. The minimum Gasteiger partial charge on any atom is -0.496 e. The number of carbonyl (C=O) groups is 3. The smallest absolute Gasteiger partial charge is 0.341 e. The van der Waals surface area contributed by atoms with E-state index in [2.05, 4.69) is 5.32 Å².